The first kappa shape index (κ1) is 25.2. The molecule has 2 amide bonds. The number of hydrogen-bond donors (Lipinski definition) is 5. The lowest BCUT2D eigenvalue weighted by molar-refractivity contribution is -0.137. The Morgan fingerprint density at radius 3 is 2.44 bits per heavy atom. The van der Waals surface area contributed by atoms with Crippen molar-refractivity contribution in [2.45, 2.75) is 25.2 Å². The third-order valence-electron chi connectivity index (χ3n) is 4.74. The summed E-state index contributed by atoms with van der Waals surface area (Å²) in [5.74, 6) is 0. The number of thiocarbonyl (C=S) groups is 1. The number of rotatable bonds is 7. The molecule has 0 aliphatic rings. The molecule has 0 radical (unpaired) electrons. The van der Waals surface area contributed by atoms with Crippen molar-refractivity contribution >= 4 is 34.7 Å². The van der Waals surface area contributed by atoms with E-state index in [1.54, 1.807) is 31.2 Å². The minimum absolute atomic E-state index is 0.0471. The fraction of sp³-hybridized carbons (Fsp3) is 0.333. The quantitative estimate of drug-likeness (QED) is 0.314. The Morgan fingerprint density at radius 2 is 1.81 bits per heavy atom. The molecule has 2 aromatic carbocycles. The number of para-hydroxylation sites is 1. The number of urea groups is 1. The lowest BCUT2D eigenvalue weighted by atomic mass is 9.91. The van der Waals surface area contributed by atoms with E-state index in [2.05, 4.69) is 21.3 Å². The zero-order valence-electron chi connectivity index (χ0n) is 17.9. The van der Waals surface area contributed by atoms with Gasteiger partial charge in [0.2, 0.25) is 0 Å². The Labute approximate surface area is 189 Å². The molecule has 0 saturated heterocycles. The summed E-state index contributed by atoms with van der Waals surface area (Å²) < 4.78 is 44.8. The second-order valence-corrected chi connectivity index (χ2v) is 7.65. The van der Waals surface area contributed by atoms with Crippen molar-refractivity contribution in [1.82, 2.24) is 16.0 Å². The third-order valence-corrected chi connectivity index (χ3v) is 4.94. The summed E-state index contributed by atoms with van der Waals surface area (Å²) in [6, 6.07) is 9.76. The van der Waals surface area contributed by atoms with Crippen LogP contribution in [0.1, 0.15) is 23.6 Å². The van der Waals surface area contributed by atoms with Gasteiger partial charge in [0.05, 0.1) is 29.1 Å². The Bertz CT molecular complexity index is 971. The van der Waals surface area contributed by atoms with Crippen LogP contribution in [-0.4, -0.2) is 31.9 Å². The van der Waals surface area contributed by atoms with Crippen LogP contribution in [0.2, 0.25) is 0 Å². The standard InChI is InChI=1S/C21H26F3N5O2S/c1-20(12-31-3,14-7-5-8-15(10-14)21(22,23)24)29-19(32)28-17-13(6-4-9-16(17)25)11-27-18(30)26-2/h4-10H,11-12,25H2,1-3H3,(H2,26,27,30)(H2,28,29,32)/t20-/m1/s1. The summed E-state index contributed by atoms with van der Waals surface area (Å²) in [4.78, 5) is 11.5. The highest BCUT2D eigenvalue weighted by Crippen LogP contribution is 2.32. The van der Waals surface area contributed by atoms with Crippen LogP contribution in [0.15, 0.2) is 42.5 Å². The molecule has 11 heteroatoms. The van der Waals surface area contributed by atoms with Gasteiger partial charge in [-0.25, -0.2) is 4.79 Å². The normalized spacial score (nSPS) is 13.1. The number of halogens is 3. The monoisotopic (exact) mass is 469 g/mol. The van der Waals surface area contributed by atoms with E-state index in [9.17, 15) is 18.0 Å². The molecule has 0 aliphatic heterocycles. The van der Waals surface area contributed by atoms with Gasteiger partial charge in [0, 0.05) is 20.7 Å². The van der Waals surface area contributed by atoms with Crippen LogP contribution in [-0.2, 0) is 23.0 Å². The molecule has 7 nitrogen and oxygen atoms in total. The molecule has 0 spiro atoms. The number of methoxy groups -OCH3 is 1. The van der Waals surface area contributed by atoms with Crippen molar-refractivity contribution in [2.24, 2.45) is 0 Å². The molecule has 0 saturated carbocycles. The van der Waals surface area contributed by atoms with E-state index in [0.717, 1.165) is 12.1 Å². The molecule has 32 heavy (non-hydrogen) atoms. The molecule has 6 N–H and O–H groups in total. The van der Waals surface area contributed by atoms with Gasteiger partial charge in [-0.05, 0) is 48.5 Å². The molecule has 0 unspecified atom stereocenters. The number of alkyl halides is 3. The van der Waals surface area contributed by atoms with E-state index < -0.39 is 17.3 Å². The fourth-order valence-corrected chi connectivity index (χ4v) is 3.43. The zero-order valence-corrected chi connectivity index (χ0v) is 18.7. The van der Waals surface area contributed by atoms with E-state index in [4.69, 9.17) is 22.7 Å². The number of ether oxygens (including phenoxy) is 1. The predicted octanol–water partition coefficient (Wildman–Crippen LogP) is 3.56. The number of anilines is 2. The molecule has 0 fully saturated rings. The summed E-state index contributed by atoms with van der Waals surface area (Å²) in [7, 11) is 2.94. The molecular formula is C21H26F3N5O2S. The number of nitrogens with two attached hydrogens (primary N) is 1. The highest BCUT2D eigenvalue weighted by Gasteiger charge is 2.34. The molecular weight excluding hydrogens is 443 g/mol. The minimum Gasteiger partial charge on any atom is -0.397 e. The van der Waals surface area contributed by atoms with Crippen molar-refractivity contribution in [2.75, 3.05) is 31.8 Å². The molecule has 0 bridgehead atoms. The van der Waals surface area contributed by atoms with Crippen molar-refractivity contribution < 1.29 is 22.7 Å². The minimum atomic E-state index is -4.48. The first-order chi connectivity index (χ1) is 15.0. The smallest absolute Gasteiger partial charge is 0.397 e. The maximum absolute atomic E-state index is 13.2. The lowest BCUT2D eigenvalue weighted by Crippen LogP contribution is -2.48. The second kappa shape index (κ2) is 10.5. The predicted molar refractivity (Wildman–Crippen MR) is 122 cm³/mol. The van der Waals surface area contributed by atoms with Crippen LogP contribution in [0.3, 0.4) is 0 Å². The van der Waals surface area contributed by atoms with Crippen molar-refractivity contribution in [3.05, 3.63) is 59.2 Å². The molecule has 2 aromatic rings. The third kappa shape index (κ3) is 6.47. The van der Waals surface area contributed by atoms with E-state index in [1.807, 2.05) is 0 Å². The van der Waals surface area contributed by atoms with Crippen LogP contribution >= 0.6 is 12.2 Å². The topological polar surface area (TPSA) is 100 Å². The number of benzene rings is 2. The number of amides is 2. The van der Waals surface area contributed by atoms with Crippen LogP contribution in [0.5, 0.6) is 0 Å². The molecule has 174 valence electrons. The molecule has 2 rings (SSSR count). The average molecular weight is 470 g/mol. The van der Waals surface area contributed by atoms with Gasteiger partial charge in [0.15, 0.2) is 5.11 Å². The highest BCUT2D eigenvalue weighted by atomic mass is 32.1. The van der Waals surface area contributed by atoms with Crippen LogP contribution in [0, 0.1) is 0 Å². The van der Waals surface area contributed by atoms with Crippen LogP contribution in [0.25, 0.3) is 0 Å². The van der Waals surface area contributed by atoms with Crippen molar-refractivity contribution in [3.8, 4) is 0 Å². The number of nitrogen functional groups attached to an aromatic ring is 1. The highest BCUT2D eigenvalue weighted by molar-refractivity contribution is 7.80. The summed E-state index contributed by atoms with van der Waals surface area (Å²) in [5, 5.41) is 11.3. The van der Waals surface area contributed by atoms with E-state index in [1.165, 1.54) is 20.2 Å². The van der Waals surface area contributed by atoms with E-state index >= 15 is 0 Å². The Morgan fingerprint density at radius 1 is 1.16 bits per heavy atom. The average Bonchev–Trinajstić information content (AvgIpc) is 2.73. The summed E-state index contributed by atoms with van der Waals surface area (Å²) >= 11 is 5.43. The lowest BCUT2D eigenvalue weighted by Gasteiger charge is -2.33. The van der Waals surface area contributed by atoms with Gasteiger partial charge in [-0.2, -0.15) is 13.2 Å². The Hall–Kier alpha value is -3.05. The van der Waals surface area contributed by atoms with Gasteiger partial charge in [0.1, 0.15) is 0 Å². The maximum atomic E-state index is 13.2. The fourth-order valence-electron chi connectivity index (χ4n) is 3.10. The first-order valence-corrected chi connectivity index (χ1v) is 10.00. The van der Waals surface area contributed by atoms with E-state index in [0.29, 0.717) is 22.5 Å². The van der Waals surface area contributed by atoms with Gasteiger partial charge in [-0.15, -0.1) is 0 Å². The van der Waals surface area contributed by atoms with Crippen LogP contribution in [0.4, 0.5) is 29.3 Å². The van der Waals surface area contributed by atoms with Crippen molar-refractivity contribution in [3.63, 3.8) is 0 Å². The molecule has 0 heterocycles. The van der Waals surface area contributed by atoms with Crippen molar-refractivity contribution in [1.29, 1.82) is 0 Å². The van der Waals surface area contributed by atoms with Gasteiger partial charge in [-0.3, -0.25) is 0 Å². The molecule has 0 aliphatic carbocycles. The SMILES string of the molecule is CNC(=O)NCc1cccc(N)c1NC(=S)N[C@](C)(COC)c1cccc(C(F)(F)F)c1. The van der Waals surface area contributed by atoms with Gasteiger partial charge in [-0.1, -0.05) is 24.3 Å². The Balaban J connectivity index is 2.27. The summed E-state index contributed by atoms with van der Waals surface area (Å²) in [5.41, 5.74) is 6.13. The second-order valence-electron chi connectivity index (χ2n) is 7.24. The maximum Gasteiger partial charge on any atom is 0.416 e. The van der Waals surface area contributed by atoms with Gasteiger partial charge in [0.25, 0.3) is 0 Å². The summed E-state index contributed by atoms with van der Waals surface area (Å²) in [6.45, 7) is 1.91. The number of nitrogens with one attached hydrogen (secondary N) is 4. The van der Waals surface area contributed by atoms with E-state index in [-0.39, 0.29) is 24.3 Å². The molecule has 1 atom stereocenters. The Kier molecular flexibility index (Phi) is 8.28. The van der Waals surface area contributed by atoms with Crippen LogP contribution < -0.4 is 27.0 Å². The number of carbonyl (C=O) groups excluding carboxylic acids is 1. The van der Waals surface area contributed by atoms with Gasteiger partial charge >= 0.3 is 12.2 Å². The zero-order chi connectivity index (χ0) is 23.9. The largest absolute Gasteiger partial charge is 0.416 e. The number of hydrogen-bond acceptors (Lipinski definition) is 4. The first-order valence-electron chi connectivity index (χ1n) is 9.59. The number of carbonyl (C=O) groups is 1. The molecule has 0 aromatic heterocycles. The van der Waals surface area contributed by atoms with Gasteiger partial charge < -0.3 is 31.7 Å². The summed E-state index contributed by atoms with van der Waals surface area (Å²) in [6.07, 6.45) is -4.48.